The van der Waals surface area contributed by atoms with Gasteiger partial charge < -0.3 is 20.3 Å². The zero-order valence-electron chi connectivity index (χ0n) is 20.8. The normalized spacial score (nSPS) is 22.3. The van der Waals surface area contributed by atoms with E-state index in [0.717, 1.165) is 37.3 Å². The molecule has 0 bridgehead atoms. The molecule has 2 saturated heterocycles. The fourth-order valence-electron chi connectivity index (χ4n) is 5.45. The standard InChI is InChI=1S/C28H31Cl2N5O2/c1-28(18-37-26-9-6-22(30)14-33-26)17-35(16-24(28)19-2-4-21(29)5-3-19)27(36)20-10-12-34(13-11-20)25-8-7-23(31)15-32-25/h2-9,14-15,20,24H,10-13,16-18,31H2,1H3. The molecule has 37 heavy (non-hydrogen) atoms. The third-order valence-corrected chi connectivity index (χ3v) is 8.04. The van der Waals surface area contributed by atoms with Crippen LogP contribution in [0.25, 0.3) is 0 Å². The lowest BCUT2D eigenvalue weighted by atomic mass is 9.77. The van der Waals surface area contributed by atoms with Gasteiger partial charge in [0, 0.05) is 60.7 Å². The van der Waals surface area contributed by atoms with Crippen LogP contribution >= 0.6 is 23.2 Å². The number of carbonyl (C=O) groups excluding carboxylic acids is 1. The molecule has 0 aliphatic carbocycles. The van der Waals surface area contributed by atoms with Crippen molar-refractivity contribution in [3.8, 4) is 5.88 Å². The number of hydrogen-bond donors (Lipinski definition) is 1. The number of ether oxygens (including phenoxy) is 1. The Labute approximate surface area is 227 Å². The second-order valence-electron chi connectivity index (χ2n) is 10.3. The number of likely N-dealkylation sites (tertiary alicyclic amines) is 1. The highest BCUT2D eigenvalue weighted by atomic mass is 35.5. The van der Waals surface area contributed by atoms with Gasteiger partial charge in [-0.2, -0.15) is 0 Å². The van der Waals surface area contributed by atoms with Crippen molar-refractivity contribution in [3.05, 3.63) is 76.5 Å². The average molecular weight is 540 g/mol. The lowest BCUT2D eigenvalue weighted by molar-refractivity contribution is -0.135. The van der Waals surface area contributed by atoms with Crippen LogP contribution in [0.4, 0.5) is 11.5 Å². The third-order valence-electron chi connectivity index (χ3n) is 7.57. The van der Waals surface area contributed by atoms with Crippen molar-refractivity contribution in [2.75, 3.05) is 43.4 Å². The highest BCUT2D eigenvalue weighted by molar-refractivity contribution is 6.30. The Morgan fingerprint density at radius 2 is 1.76 bits per heavy atom. The molecule has 1 aromatic carbocycles. The summed E-state index contributed by atoms with van der Waals surface area (Å²) in [7, 11) is 0. The number of nitrogen functional groups attached to an aromatic ring is 1. The summed E-state index contributed by atoms with van der Waals surface area (Å²) in [4.78, 5) is 26.7. The fraction of sp³-hybridized carbons (Fsp3) is 0.393. The molecule has 194 valence electrons. The zero-order valence-corrected chi connectivity index (χ0v) is 22.3. The largest absolute Gasteiger partial charge is 0.477 e. The van der Waals surface area contributed by atoms with Gasteiger partial charge in [0.2, 0.25) is 11.8 Å². The smallest absolute Gasteiger partial charge is 0.225 e. The number of halogens is 2. The molecule has 2 N–H and O–H groups in total. The number of benzene rings is 1. The summed E-state index contributed by atoms with van der Waals surface area (Å²) < 4.78 is 6.11. The average Bonchev–Trinajstić information content (AvgIpc) is 3.26. The van der Waals surface area contributed by atoms with E-state index in [2.05, 4.69) is 33.9 Å². The van der Waals surface area contributed by atoms with Crippen LogP contribution < -0.4 is 15.4 Å². The van der Waals surface area contributed by atoms with Crippen molar-refractivity contribution in [2.45, 2.75) is 25.7 Å². The molecule has 0 radical (unpaired) electrons. The van der Waals surface area contributed by atoms with Gasteiger partial charge in [0.25, 0.3) is 0 Å². The Kier molecular flexibility index (Phi) is 7.45. The maximum absolute atomic E-state index is 13.7. The number of piperidine rings is 1. The highest BCUT2D eigenvalue weighted by Gasteiger charge is 2.47. The maximum Gasteiger partial charge on any atom is 0.225 e. The van der Waals surface area contributed by atoms with Gasteiger partial charge in [-0.3, -0.25) is 4.79 Å². The SMILES string of the molecule is CC1(COc2ccc(Cl)cn2)CN(C(=O)C2CCN(c3ccc(N)cn3)CC2)CC1c1ccc(Cl)cc1. The van der Waals surface area contributed by atoms with Gasteiger partial charge in [-0.05, 0) is 48.7 Å². The van der Waals surface area contributed by atoms with Crippen molar-refractivity contribution in [1.82, 2.24) is 14.9 Å². The second kappa shape index (κ2) is 10.8. The van der Waals surface area contributed by atoms with Crippen LogP contribution in [0.2, 0.25) is 10.0 Å². The molecule has 9 heteroatoms. The predicted octanol–water partition coefficient (Wildman–Crippen LogP) is 5.29. The number of aromatic nitrogens is 2. The Balaban J connectivity index is 1.28. The Morgan fingerprint density at radius 3 is 2.41 bits per heavy atom. The van der Waals surface area contributed by atoms with Gasteiger partial charge >= 0.3 is 0 Å². The van der Waals surface area contributed by atoms with Crippen LogP contribution in [0, 0.1) is 11.3 Å². The first-order chi connectivity index (χ1) is 17.8. The maximum atomic E-state index is 13.7. The van der Waals surface area contributed by atoms with Crippen molar-refractivity contribution in [2.24, 2.45) is 11.3 Å². The number of amides is 1. The Bertz CT molecular complexity index is 1210. The first-order valence-electron chi connectivity index (χ1n) is 12.6. The van der Waals surface area contributed by atoms with Crippen LogP contribution in [0.15, 0.2) is 60.9 Å². The van der Waals surface area contributed by atoms with E-state index in [9.17, 15) is 4.79 Å². The minimum absolute atomic E-state index is 0.00269. The van der Waals surface area contributed by atoms with E-state index in [-0.39, 0.29) is 23.2 Å². The van der Waals surface area contributed by atoms with Gasteiger partial charge in [0.15, 0.2) is 0 Å². The van der Waals surface area contributed by atoms with Gasteiger partial charge in [-0.1, -0.05) is 42.3 Å². The van der Waals surface area contributed by atoms with Crippen LogP contribution in [0.1, 0.15) is 31.2 Å². The molecule has 5 rings (SSSR count). The van der Waals surface area contributed by atoms with E-state index >= 15 is 0 Å². The molecular weight excluding hydrogens is 509 g/mol. The molecule has 2 aliphatic rings. The van der Waals surface area contributed by atoms with Gasteiger partial charge in [-0.25, -0.2) is 9.97 Å². The molecule has 2 aromatic heterocycles. The molecule has 2 unspecified atom stereocenters. The summed E-state index contributed by atoms with van der Waals surface area (Å²) in [6, 6.07) is 15.3. The van der Waals surface area contributed by atoms with Crippen molar-refractivity contribution in [1.29, 1.82) is 0 Å². The predicted molar refractivity (Wildman–Crippen MR) is 147 cm³/mol. The number of hydrogen-bond acceptors (Lipinski definition) is 6. The molecule has 2 atom stereocenters. The van der Waals surface area contributed by atoms with Crippen molar-refractivity contribution in [3.63, 3.8) is 0 Å². The summed E-state index contributed by atoms with van der Waals surface area (Å²) in [5, 5.41) is 1.26. The summed E-state index contributed by atoms with van der Waals surface area (Å²) >= 11 is 12.1. The third kappa shape index (κ3) is 5.78. The minimum Gasteiger partial charge on any atom is -0.477 e. The summed E-state index contributed by atoms with van der Waals surface area (Å²) in [6.07, 6.45) is 4.85. The number of nitrogens with zero attached hydrogens (tertiary/aromatic N) is 4. The van der Waals surface area contributed by atoms with Crippen molar-refractivity contribution >= 4 is 40.6 Å². The topological polar surface area (TPSA) is 84.6 Å². The number of nitrogens with two attached hydrogens (primary N) is 1. The van der Waals surface area contributed by atoms with Gasteiger partial charge in [-0.15, -0.1) is 0 Å². The molecule has 2 aliphatic heterocycles. The van der Waals surface area contributed by atoms with Crippen LogP contribution in [-0.2, 0) is 4.79 Å². The van der Waals surface area contributed by atoms with Gasteiger partial charge in [0.1, 0.15) is 5.82 Å². The van der Waals surface area contributed by atoms with E-state index in [4.69, 9.17) is 33.7 Å². The quantitative estimate of drug-likeness (QED) is 0.457. The molecule has 7 nitrogen and oxygen atoms in total. The fourth-order valence-corrected chi connectivity index (χ4v) is 5.69. The summed E-state index contributed by atoms with van der Waals surface area (Å²) in [6.45, 7) is 5.47. The molecule has 4 heterocycles. The van der Waals surface area contributed by atoms with Crippen molar-refractivity contribution < 1.29 is 9.53 Å². The van der Waals surface area contributed by atoms with Gasteiger partial charge in [0.05, 0.1) is 23.5 Å². The number of pyridine rings is 2. The first-order valence-corrected chi connectivity index (χ1v) is 13.3. The molecule has 0 spiro atoms. The van der Waals surface area contributed by atoms with Crippen LogP contribution in [0.5, 0.6) is 5.88 Å². The monoisotopic (exact) mass is 539 g/mol. The van der Waals surface area contributed by atoms with E-state index in [1.165, 1.54) is 0 Å². The molecule has 3 aromatic rings. The summed E-state index contributed by atoms with van der Waals surface area (Å²) in [5.74, 6) is 1.76. The lowest BCUT2D eigenvalue weighted by Crippen LogP contribution is -2.43. The second-order valence-corrected chi connectivity index (χ2v) is 11.2. The van der Waals surface area contributed by atoms with Crippen LogP contribution in [-0.4, -0.2) is 53.6 Å². The Morgan fingerprint density at radius 1 is 1.03 bits per heavy atom. The molecule has 1 amide bonds. The molecular formula is C28H31Cl2N5O2. The number of anilines is 2. The lowest BCUT2D eigenvalue weighted by Gasteiger charge is -2.34. The van der Waals surface area contributed by atoms with Crippen LogP contribution in [0.3, 0.4) is 0 Å². The zero-order chi connectivity index (χ0) is 26.0. The number of carbonyl (C=O) groups is 1. The van der Waals surface area contributed by atoms with E-state index in [0.29, 0.717) is 41.3 Å². The van der Waals surface area contributed by atoms with E-state index in [1.54, 1.807) is 24.5 Å². The van der Waals surface area contributed by atoms with E-state index < -0.39 is 0 Å². The highest BCUT2D eigenvalue weighted by Crippen LogP contribution is 2.44. The number of rotatable bonds is 6. The first kappa shape index (κ1) is 25.6. The molecule has 2 fully saturated rings. The summed E-state index contributed by atoms with van der Waals surface area (Å²) in [5.41, 5.74) is 7.28. The Hall–Kier alpha value is -3.03. The molecule has 0 saturated carbocycles. The minimum atomic E-state index is -0.292. The van der Waals surface area contributed by atoms with E-state index in [1.807, 2.05) is 29.2 Å².